The summed E-state index contributed by atoms with van der Waals surface area (Å²) in [5.41, 5.74) is 3.79. The summed E-state index contributed by atoms with van der Waals surface area (Å²) in [7, 11) is 0. The van der Waals surface area contributed by atoms with Gasteiger partial charge in [-0.3, -0.25) is 4.79 Å². The molecule has 4 aromatic carbocycles. The van der Waals surface area contributed by atoms with Crippen molar-refractivity contribution >= 4 is 17.7 Å². The van der Waals surface area contributed by atoms with E-state index in [9.17, 15) is 14.4 Å². The molecule has 7 nitrogen and oxygen atoms in total. The second-order valence-corrected chi connectivity index (χ2v) is 9.13. The summed E-state index contributed by atoms with van der Waals surface area (Å²) >= 11 is 0. The third-order valence-corrected chi connectivity index (χ3v) is 6.02. The minimum atomic E-state index is -1.01. The lowest BCUT2D eigenvalue weighted by atomic mass is 10.1. The molecule has 0 aliphatic carbocycles. The van der Waals surface area contributed by atoms with E-state index in [0.717, 1.165) is 28.0 Å². The summed E-state index contributed by atoms with van der Waals surface area (Å²) in [4.78, 5) is 38.2. The van der Waals surface area contributed by atoms with Crippen LogP contribution in [0.1, 0.15) is 43.0 Å². The highest BCUT2D eigenvalue weighted by atomic mass is 16.5. The zero-order valence-electron chi connectivity index (χ0n) is 22.4. The topological polar surface area (TPSA) is 88.1 Å². The quantitative estimate of drug-likeness (QED) is 0.0940. The summed E-state index contributed by atoms with van der Waals surface area (Å²) in [6, 6.07) is 28.4. The number of carbonyl (C=O) groups excluding carboxylic acids is 3. The molecule has 0 amide bonds. The van der Waals surface area contributed by atoms with Crippen molar-refractivity contribution in [1.29, 1.82) is 0 Å². The minimum absolute atomic E-state index is 0.0307. The molecule has 4 aromatic rings. The zero-order chi connectivity index (χ0) is 28.3. The van der Waals surface area contributed by atoms with Crippen molar-refractivity contribution in [2.75, 3.05) is 13.2 Å². The Bertz CT molecular complexity index is 1460. The average Bonchev–Trinajstić information content (AvgIpc) is 2.99. The van der Waals surface area contributed by atoms with E-state index in [2.05, 4.69) is 0 Å². The first-order valence-corrected chi connectivity index (χ1v) is 12.8. The molecule has 0 heterocycles. The fraction of sp³-hybridized carbons (Fsp3) is 0.182. The summed E-state index contributed by atoms with van der Waals surface area (Å²) in [5.74, 6) is -1.65. The highest BCUT2D eigenvalue weighted by Crippen LogP contribution is 2.24. The smallest absolute Gasteiger partial charge is 0.380 e. The Balaban J connectivity index is 1.46. The van der Waals surface area contributed by atoms with Crippen LogP contribution in [0.15, 0.2) is 97.1 Å². The van der Waals surface area contributed by atoms with Crippen LogP contribution in [0.25, 0.3) is 0 Å². The van der Waals surface area contributed by atoms with Gasteiger partial charge >= 0.3 is 11.9 Å². The van der Waals surface area contributed by atoms with Crippen LogP contribution in [-0.4, -0.2) is 30.9 Å². The molecule has 0 unspecified atom stereocenters. The molecule has 0 N–H and O–H groups in total. The number of ether oxygens (including phenoxy) is 4. The van der Waals surface area contributed by atoms with Crippen molar-refractivity contribution in [1.82, 2.24) is 0 Å². The van der Waals surface area contributed by atoms with Gasteiger partial charge in [0.15, 0.2) is 0 Å². The lowest BCUT2D eigenvalue weighted by molar-refractivity contribution is -0.139. The first-order valence-electron chi connectivity index (χ1n) is 12.8. The maximum Gasteiger partial charge on any atom is 0.380 e. The van der Waals surface area contributed by atoms with Crippen molar-refractivity contribution in [3.05, 3.63) is 130 Å². The van der Waals surface area contributed by atoms with Crippen LogP contribution in [0, 0.1) is 13.8 Å². The highest BCUT2D eigenvalue weighted by Gasteiger charge is 2.22. The van der Waals surface area contributed by atoms with Crippen molar-refractivity contribution in [3.63, 3.8) is 0 Å². The lowest BCUT2D eigenvalue weighted by Gasteiger charge is -2.14. The number of rotatable bonds is 12. The predicted octanol–water partition coefficient (Wildman–Crippen LogP) is 6.04. The van der Waals surface area contributed by atoms with Gasteiger partial charge < -0.3 is 18.9 Å². The molecular weight excluding hydrogens is 508 g/mol. The van der Waals surface area contributed by atoms with E-state index in [1.54, 1.807) is 12.1 Å². The Morgan fingerprint density at radius 2 is 1.23 bits per heavy atom. The van der Waals surface area contributed by atoms with Gasteiger partial charge in [0.2, 0.25) is 0 Å². The molecule has 0 spiro atoms. The van der Waals surface area contributed by atoms with Crippen molar-refractivity contribution in [2.24, 2.45) is 0 Å². The molecule has 0 aliphatic rings. The molecule has 0 fully saturated rings. The monoisotopic (exact) mass is 538 g/mol. The zero-order valence-corrected chi connectivity index (χ0v) is 22.4. The molecule has 4 rings (SSSR count). The van der Waals surface area contributed by atoms with E-state index in [-0.39, 0.29) is 43.3 Å². The van der Waals surface area contributed by atoms with Gasteiger partial charge in [0.1, 0.15) is 43.5 Å². The second kappa shape index (κ2) is 13.8. The Morgan fingerprint density at radius 1 is 0.625 bits per heavy atom. The van der Waals surface area contributed by atoms with E-state index in [1.165, 1.54) is 18.2 Å². The minimum Gasteiger partial charge on any atom is -0.490 e. The van der Waals surface area contributed by atoms with E-state index >= 15 is 0 Å². The normalized spacial score (nSPS) is 10.4. The third kappa shape index (κ3) is 7.80. The summed E-state index contributed by atoms with van der Waals surface area (Å²) in [6.45, 7) is 4.24. The molecule has 0 radical (unpaired) electrons. The number of benzene rings is 4. The number of carbonyl (C=O) groups is 3. The number of Topliss-reactive ketones (excluding diaryl/α,β-unsaturated/α-hetero) is 1. The van der Waals surface area contributed by atoms with Crippen LogP contribution in [0.2, 0.25) is 0 Å². The fourth-order valence-electron chi connectivity index (χ4n) is 3.83. The maximum absolute atomic E-state index is 12.9. The Hall–Kier alpha value is -4.91. The fourth-order valence-corrected chi connectivity index (χ4v) is 3.83. The largest absolute Gasteiger partial charge is 0.490 e. The van der Waals surface area contributed by atoms with E-state index < -0.39 is 17.7 Å². The van der Waals surface area contributed by atoms with Gasteiger partial charge in [-0.05, 0) is 60.4 Å². The van der Waals surface area contributed by atoms with Crippen LogP contribution in [-0.2, 0) is 27.5 Å². The molecule has 0 atom stereocenters. The molecule has 0 saturated heterocycles. The lowest BCUT2D eigenvalue weighted by Crippen LogP contribution is -2.19. The number of hydrogen-bond donors (Lipinski definition) is 0. The van der Waals surface area contributed by atoms with Crippen LogP contribution in [0.3, 0.4) is 0 Å². The van der Waals surface area contributed by atoms with Gasteiger partial charge in [-0.15, -0.1) is 0 Å². The van der Waals surface area contributed by atoms with Gasteiger partial charge in [-0.2, -0.15) is 0 Å². The van der Waals surface area contributed by atoms with Gasteiger partial charge in [0.25, 0.3) is 5.78 Å². The number of ketones is 1. The molecular formula is C33H30O7. The average molecular weight is 539 g/mol. The molecule has 7 heteroatoms. The van der Waals surface area contributed by atoms with Gasteiger partial charge in [0.05, 0.1) is 0 Å². The summed E-state index contributed by atoms with van der Waals surface area (Å²) in [6.07, 6.45) is 0. The van der Waals surface area contributed by atoms with Gasteiger partial charge in [0, 0.05) is 5.56 Å². The van der Waals surface area contributed by atoms with E-state index in [4.69, 9.17) is 18.9 Å². The van der Waals surface area contributed by atoms with Crippen LogP contribution in [0.4, 0.5) is 0 Å². The highest BCUT2D eigenvalue weighted by molar-refractivity contribution is 6.40. The SMILES string of the molecule is Cc1ccc(C)c(OCCOc2cc(C(=O)C(=O)OCc3ccccc3)ccc2C(=O)OCc2ccccc2)c1. The Morgan fingerprint density at radius 3 is 1.88 bits per heavy atom. The second-order valence-electron chi connectivity index (χ2n) is 9.13. The molecule has 0 saturated carbocycles. The molecule has 40 heavy (non-hydrogen) atoms. The van der Waals surface area contributed by atoms with Crippen LogP contribution in [0.5, 0.6) is 11.5 Å². The maximum atomic E-state index is 12.9. The predicted molar refractivity (Wildman–Crippen MR) is 149 cm³/mol. The first-order chi connectivity index (χ1) is 19.4. The molecule has 204 valence electrons. The van der Waals surface area contributed by atoms with Crippen LogP contribution >= 0.6 is 0 Å². The molecule has 0 aliphatic heterocycles. The van der Waals surface area contributed by atoms with Gasteiger partial charge in [-0.1, -0.05) is 72.8 Å². The molecule has 0 bridgehead atoms. The third-order valence-electron chi connectivity index (χ3n) is 6.02. The van der Waals surface area contributed by atoms with Crippen LogP contribution < -0.4 is 9.47 Å². The van der Waals surface area contributed by atoms with Crippen molar-refractivity contribution < 1.29 is 33.3 Å². The number of esters is 2. The first kappa shape index (κ1) is 28.1. The summed E-state index contributed by atoms with van der Waals surface area (Å²) in [5, 5.41) is 0. The van der Waals surface area contributed by atoms with Gasteiger partial charge in [-0.25, -0.2) is 9.59 Å². The number of aryl methyl sites for hydroxylation is 2. The number of hydrogen-bond acceptors (Lipinski definition) is 7. The van der Waals surface area contributed by atoms with Crippen molar-refractivity contribution in [3.8, 4) is 11.5 Å². The van der Waals surface area contributed by atoms with Crippen molar-refractivity contribution in [2.45, 2.75) is 27.1 Å². The Labute approximate surface area is 233 Å². The van der Waals surface area contributed by atoms with E-state index in [1.807, 2.05) is 80.6 Å². The standard InChI is InChI=1S/C33H30O7/c1-23-13-14-24(2)29(19-23)37-17-18-38-30-20-27(31(34)33(36)40-22-26-11-7-4-8-12-26)15-16-28(30)32(35)39-21-25-9-5-3-6-10-25/h3-16,19-20H,17-18,21-22H2,1-2H3. The Kier molecular flexibility index (Phi) is 9.67. The van der Waals surface area contributed by atoms with E-state index in [0.29, 0.717) is 0 Å². The molecule has 0 aromatic heterocycles. The summed E-state index contributed by atoms with van der Waals surface area (Å²) < 4.78 is 22.4.